The highest BCUT2D eigenvalue weighted by Gasteiger charge is 2.27. The minimum Gasteiger partial charge on any atom is -0.355 e. The van der Waals surface area contributed by atoms with E-state index >= 15 is 0 Å². The summed E-state index contributed by atoms with van der Waals surface area (Å²) < 4.78 is 9.59. The zero-order chi connectivity index (χ0) is 17.2. The summed E-state index contributed by atoms with van der Waals surface area (Å²) in [5, 5.41) is 8.40. The molecule has 0 unspecified atom stereocenters. The molecule has 1 atom stereocenters. The lowest BCUT2D eigenvalue weighted by atomic mass is 9.93. The molecule has 130 valence electrons. The van der Waals surface area contributed by atoms with Crippen molar-refractivity contribution in [3.8, 4) is 10.6 Å². The van der Waals surface area contributed by atoms with Crippen LogP contribution >= 0.6 is 11.5 Å². The molecule has 0 N–H and O–H groups in total. The van der Waals surface area contributed by atoms with Crippen molar-refractivity contribution in [3.05, 3.63) is 41.2 Å². The highest BCUT2D eigenvalue weighted by molar-refractivity contribution is 7.09. The SMILES string of the molecule is Cc1cc(-c2snnc2[C@@H]2CCCN(Cc3cnc(C)nc3)C2)on1. The Hall–Kier alpha value is -2.19. The molecular formula is C17H20N6OS. The van der Waals surface area contributed by atoms with Crippen molar-refractivity contribution in [3.63, 3.8) is 0 Å². The first kappa shape index (κ1) is 16.3. The molecule has 4 rings (SSSR count). The summed E-state index contributed by atoms with van der Waals surface area (Å²) in [5.74, 6) is 1.94. The van der Waals surface area contributed by atoms with Gasteiger partial charge in [-0.15, -0.1) is 5.10 Å². The first-order valence-electron chi connectivity index (χ1n) is 8.45. The molecular weight excluding hydrogens is 336 g/mol. The third-order valence-corrected chi connectivity index (χ3v) is 5.25. The van der Waals surface area contributed by atoms with Crippen molar-refractivity contribution in [1.82, 2.24) is 29.6 Å². The van der Waals surface area contributed by atoms with Gasteiger partial charge in [0.25, 0.3) is 0 Å². The third-order valence-electron chi connectivity index (χ3n) is 4.50. The average molecular weight is 356 g/mol. The summed E-state index contributed by atoms with van der Waals surface area (Å²) in [4.78, 5) is 12.0. The van der Waals surface area contributed by atoms with Crippen molar-refractivity contribution in [1.29, 1.82) is 0 Å². The van der Waals surface area contributed by atoms with Gasteiger partial charge in [-0.3, -0.25) is 4.90 Å². The fourth-order valence-corrected chi connectivity index (χ4v) is 3.99. The second-order valence-electron chi connectivity index (χ2n) is 6.53. The van der Waals surface area contributed by atoms with Crippen molar-refractivity contribution >= 4 is 11.5 Å². The zero-order valence-electron chi connectivity index (χ0n) is 14.3. The Bertz CT molecular complexity index is 843. The summed E-state index contributed by atoms with van der Waals surface area (Å²) in [7, 11) is 0. The van der Waals surface area contributed by atoms with Crippen LogP contribution in [0.25, 0.3) is 10.6 Å². The number of rotatable bonds is 4. The lowest BCUT2D eigenvalue weighted by Gasteiger charge is -2.31. The van der Waals surface area contributed by atoms with Crippen LogP contribution in [0.2, 0.25) is 0 Å². The Labute approximate surface area is 150 Å². The molecule has 3 aromatic heterocycles. The number of nitrogens with zero attached hydrogens (tertiary/aromatic N) is 6. The van der Waals surface area contributed by atoms with Gasteiger partial charge in [0.2, 0.25) is 0 Å². The molecule has 0 amide bonds. The highest BCUT2D eigenvalue weighted by atomic mass is 32.1. The molecule has 8 heteroatoms. The molecule has 3 aromatic rings. The fourth-order valence-electron chi connectivity index (χ4n) is 3.29. The monoisotopic (exact) mass is 356 g/mol. The molecule has 25 heavy (non-hydrogen) atoms. The van der Waals surface area contributed by atoms with E-state index in [4.69, 9.17) is 4.52 Å². The van der Waals surface area contributed by atoms with Crippen LogP contribution in [0.3, 0.4) is 0 Å². The quantitative estimate of drug-likeness (QED) is 0.711. The topological polar surface area (TPSA) is 80.8 Å². The molecule has 0 radical (unpaired) electrons. The van der Waals surface area contributed by atoms with E-state index in [2.05, 4.69) is 29.6 Å². The maximum absolute atomic E-state index is 5.42. The van der Waals surface area contributed by atoms with Gasteiger partial charge in [-0.05, 0) is 44.8 Å². The van der Waals surface area contributed by atoms with Crippen LogP contribution in [0.5, 0.6) is 0 Å². The molecule has 1 aliphatic heterocycles. The Morgan fingerprint density at radius 2 is 2.12 bits per heavy atom. The van der Waals surface area contributed by atoms with Crippen LogP contribution in [-0.4, -0.2) is 42.7 Å². The largest absolute Gasteiger partial charge is 0.355 e. The Morgan fingerprint density at radius 3 is 2.88 bits per heavy atom. The molecule has 0 saturated carbocycles. The first-order chi connectivity index (χ1) is 12.2. The molecule has 1 fully saturated rings. The maximum atomic E-state index is 5.42. The van der Waals surface area contributed by atoms with Gasteiger partial charge in [0.1, 0.15) is 10.7 Å². The van der Waals surface area contributed by atoms with Gasteiger partial charge in [0, 0.05) is 43.0 Å². The van der Waals surface area contributed by atoms with E-state index in [0.29, 0.717) is 5.92 Å². The number of hydrogen-bond acceptors (Lipinski definition) is 8. The van der Waals surface area contributed by atoms with Crippen molar-refractivity contribution < 1.29 is 4.52 Å². The van der Waals surface area contributed by atoms with E-state index in [0.717, 1.165) is 65.9 Å². The molecule has 7 nitrogen and oxygen atoms in total. The predicted octanol–water partition coefficient (Wildman–Crippen LogP) is 2.98. The average Bonchev–Trinajstić information content (AvgIpc) is 3.26. The standard InChI is InChI=1S/C17H20N6OS/c1-11-6-15(24-21-11)17-16(20-22-25-17)14-4-3-5-23(10-14)9-13-7-18-12(2)19-8-13/h6-8,14H,3-5,9-10H2,1-2H3/t14-/m1/s1. The first-order valence-corrected chi connectivity index (χ1v) is 9.22. The number of aryl methyl sites for hydroxylation is 2. The molecule has 0 aliphatic carbocycles. The van der Waals surface area contributed by atoms with Gasteiger partial charge in [-0.1, -0.05) is 9.64 Å². The second-order valence-corrected chi connectivity index (χ2v) is 7.29. The van der Waals surface area contributed by atoms with Crippen molar-refractivity contribution in [2.45, 2.75) is 39.2 Å². The third kappa shape index (κ3) is 3.59. The Morgan fingerprint density at radius 1 is 1.28 bits per heavy atom. The van der Waals surface area contributed by atoms with Gasteiger partial charge in [0.05, 0.1) is 11.4 Å². The smallest absolute Gasteiger partial charge is 0.180 e. The second kappa shape index (κ2) is 6.97. The fraction of sp³-hybridized carbons (Fsp3) is 0.471. The molecule has 4 heterocycles. The van der Waals surface area contributed by atoms with E-state index in [1.165, 1.54) is 11.5 Å². The van der Waals surface area contributed by atoms with E-state index < -0.39 is 0 Å². The lowest BCUT2D eigenvalue weighted by Crippen LogP contribution is -2.34. The molecule has 0 bridgehead atoms. The summed E-state index contributed by atoms with van der Waals surface area (Å²) in [6.07, 6.45) is 6.09. The zero-order valence-corrected chi connectivity index (χ0v) is 15.2. The summed E-state index contributed by atoms with van der Waals surface area (Å²) in [5.41, 5.74) is 3.05. The molecule has 1 aliphatic rings. The van der Waals surface area contributed by atoms with Crippen LogP contribution in [-0.2, 0) is 6.54 Å². The van der Waals surface area contributed by atoms with Gasteiger partial charge >= 0.3 is 0 Å². The number of aromatic nitrogens is 5. The van der Waals surface area contributed by atoms with Crippen molar-refractivity contribution in [2.24, 2.45) is 0 Å². The maximum Gasteiger partial charge on any atom is 0.180 e. The van der Waals surface area contributed by atoms with Gasteiger partial charge in [-0.25, -0.2) is 9.97 Å². The normalized spacial score (nSPS) is 18.6. The van der Waals surface area contributed by atoms with Gasteiger partial charge in [0.15, 0.2) is 5.76 Å². The number of likely N-dealkylation sites (tertiary alicyclic amines) is 1. The van der Waals surface area contributed by atoms with Crippen LogP contribution in [0.4, 0.5) is 0 Å². The summed E-state index contributed by atoms with van der Waals surface area (Å²) in [6.45, 7) is 6.74. The minimum absolute atomic E-state index is 0.360. The van der Waals surface area contributed by atoms with Gasteiger partial charge < -0.3 is 4.52 Å². The molecule has 0 aromatic carbocycles. The number of hydrogen-bond donors (Lipinski definition) is 0. The molecule has 1 saturated heterocycles. The van der Waals surface area contributed by atoms with Crippen LogP contribution < -0.4 is 0 Å². The van der Waals surface area contributed by atoms with Gasteiger partial charge in [-0.2, -0.15) is 0 Å². The Kier molecular flexibility index (Phi) is 4.54. The van der Waals surface area contributed by atoms with Crippen LogP contribution in [0, 0.1) is 13.8 Å². The minimum atomic E-state index is 0.360. The number of piperidine rings is 1. The van der Waals surface area contributed by atoms with Crippen LogP contribution in [0.15, 0.2) is 23.0 Å². The predicted molar refractivity (Wildman–Crippen MR) is 94.2 cm³/mol. The lowest BCUT2D eigenvalue weighted by molar-refractivity contribution is 0.198. The van der Waals surface area contributed by atoms with E-state index in [-0.39, 0.29) is 0 Å². The summed E-state index contributed by atoms with van der Waals surface area (Å²) >= 11 is 1.38. The van der Waals surface area contributed by atoms with Crippen LogP contribution in [0.1, 0.15) is 41.5 Å². The van der Waals surface area contributed by atoms with E-state index in [1.807, 2.05) is 32.3 Å². The summed E-state index contributed by atoms with van der Waals surface area (Å²) in [6, 6.07) is 1.95. The molecule has 0 spiro atoms. The van der Waals surface area contributed by atoms with E-state index in [9.17, 15) is 0 Å². The highest BCUT2D eigenvalue weighted by Crippen LogP contribution is 2.35. The van der Waals surface area contributed by atoms with Crippen molar-refractivity contribution in [2.75, 3.05) is 13.1 Å². The van der Waals surface area contributed by atoms with E-state index in [1.54, 1.807) is 0 Å². The Balaban J connectivity index is 1.50.